The van der Waals surface area contributed by atoms with Crippen molar-refractivity contribution in [1.82, 2.24) is 0 Å². The molecule has 0 aliphatic heterocycles. The summed E-state index contributed by atoms with van der Waals surface area (Å²) < 4.78 is 19.8. The molecule has 0 heterocycles. The van der Waals surface area contributed by atoms with Crippen molar-refractivity contribution in [3.63, 3.8) is 0 Å². The first kappa shape index (κ1) is 25.4. The van der Waals surface area contributed by atoms with E-state index in [0.29, 0.717) is 17.2 Å². The second-order valence-electron chi connectivity index (χ2n) is 9.08. The van der Waals surface area contributed by atoms with Gasteiger partial charge in [-0.05, 0) is 34.9 Å². The highest BCUT2D eigenvalue weighted by atomic mass is 31.2. The minimum atomic E-state index is -1.91. The van der Waals surface area contributed by atoms with E-state index in [4.69, 9.17) is 13.6 Å². The Morgan fingerprint density at radius 2 is 0.525 bits per heavy atom. The van der Waals surface area contributed by atoms with Gasteiger partial charge in [0.05, 0.1) is 0 Å². The molecule has 6 aromatic rings. The molecule has 0 atom stereocenters. The van der Waals surface area contributed by atoms with Crippen LogP contribution in [0.5, 0.6) is 17.2 Å². The number of para-hydroxylation sites is 3. The van der Waals surface area contributed by atoms with Gasteiger partial charge in [0.25, 0.3) is 0 Å². The van der Waals surface area contributed by atoms with E-state index in [1.807, 2.05) is 127 Å². The van der Waals surface area contributed by atoms with E-state index in [0.717, 1.165) is 33.4 Å². The van der Waals surface area contributed by atoms with Gasteiger partial charge in [-0.1, -0.05) is 146 Å². The molecular weight excluding hydrogens is 511 g/mol. The molecule has 6 rings (SSSR count). The molecule has 0 radical (unpaired) electrons. The summed E-state index contributed by atoms with van der Waals surface area (Å²) in [4.78, 5) is 0. The second-order valence-corrected chi connectivity index (χ2v) is 10.1. The van der Waals surface area contributed by atoms with Crippen LogP contribution < -0.4 is 13.6 Å². The third-order valence-electron chi connectivity index (χ3n) is 6.43. The van der Waals surface area contributed by atoms with Crippen LogP contribution in [0.2, 0.25) is 0 Å². The van der Waals surface area contributed by atoms with Crippen LogP contribution in [0.3, 0.4) is 0 Å². The van der Waals surface area contributed by atoms with E-state index in [1.54, 1.807) is 0 Å². The summed E-state index contributed by atoms with van der Waals surface area (Å²) in [6.45, 7) is 0. The Morgan fingerprint density at radius 3 is 0.825 bits per heavy atom. The maximum Gasteiger partial charge on any atom is 0.530 e. The SMILES string of the molecule is c1ccc(-c2ccccc2OP(Oc2ccccc2-c2ccccc2)Oc2ccccc2-c2ccccc2)cc1. The third-order valence-corrected chi connectivity index (χ3v) is 7.47. The van der Waals surface area contributed by atoms with Gasteiger partial charge in [-0.15, -0.1) is 0 Å². The van der Waals surface area contributed by atoms with Crippen molar-refractivity contribution in [3.05, 3.63) is 164 Å². The number of hydrogen-bond donors (Lipinski definition) is 0. The van der Waals surface area contributed by atoms with Gasteiger partial charge in [-0.25, -0.2) is 0 Å². The van der Waals surface area contributed by atoms with Gasteiger partial charge in [-0.2, -0.15) is 0 Å². The minimum Gasteiger partial charge on any atom is -0.408 e. The van der Waals surface area contributed by atoms with Crippen LogP contribution in [0.15, 0.2) is 164 Å². The standard InChI is InChI=1S/C36H27O3P/c1-4-16-28(17-5-1)31-22-10-13-25-34(31)37-40(38-35-26-14-11-23-32(35)29-18-6-2-7-19-29)39-36-27-15-12-24-33(36)30-20-8-3-9-21-30/h1-27H. The minimum absolute atomic E-state index is 0.689. The molecule has 0 bridgehead atoms. The van der Waals surface area contributed by atoms with Crippen molar-refractivity contribution in [2.75, 3.05) is 0 Å². The summed E-state index contributed by atoms with van der Waals surface area (Å²) in [5.41, 5.74) is 6.08. The molecule has 4 heteroatoms. The van der Waals surface area contributed by atoms with E-state index < -0.39 is 8.60 Å². The average Bonchev–Trinajstić information content (AvgIpc) is 3.03. The summed E-state index contributed by atoms with van der Waals surface area (Å²) >= 11 is 0. The first-order valence-electron chi connectivity index (χ1n) is 13.1. The predicted octanol–water partition coefficient (Wildman–Crippen LogP) is 10.5. The largest absolute Gasteiger partial charge is 0.530 e. The molecule has 40 heavy (non-hydrogen) atoms. The van der Waals surface area contributed by atoms with Gasteiger partial charge < -0.3 is 13.6 Å². The molecule has 0 aromatic heterocycles. The topological polar surface area (TPSA) is 27.7 Å². The Labute approximate surface area is 236 Å². The van der Waals surface area contributed by atoms with Gasteiger partial charge in [-0.3, -0.25) is 0 Å². The first-order chi connectivity index (χ1) is 19.8. The Hall–Kier alpha value is -4.85. The molecule has 6 aromatic carbocycles. The van der Waals surface area contributed by atoms with Crippen molar-refractivity contribution in [2.24, 2.45) is 0 Å². The van der Waals surface area contributed by atoms with Crippen LogP contribution in [-0.4, -0.2) is 0 Å². The number of benzene rings is 6. The fraction of sp³-hybridized carbons (Fsp3) is 0. The van der Waals surface area contributed by atoms with Crippen molar-refractivity contribution in [2.45, 2.75) is 0 Å². The molecule has 0 saturated carbocycles. The number of hydrogen-bond acceptors (Lipinski definition) is 3. The van der Waals surface area contributed by atoms with Crippen LogP contribution in [0, 0.1) is 0 Å². The van der Waals surface area contributed by atoms with E-state index in [9.17, 15) is 0 Å². The lowest BCUT2D eigenvalue weighted by Crippen LogP contribution is -2.04. The molecule has 0 fully saturated rings. The fourth-order valence-corrected chi connectivity index (χ4v) is 5.58. The smallest absolute Gasteiger partial charge is 0.408 e. The lowest BCUT2D eigenvalue weighted by atomic mass is 10.1. The van der Waals surface area contributed by atoms with Gasteiger partial charge in [0.15, 0.2) is 0 Å². The average molecular weight is 539 g/mol. The third kappa shape index (κ3) is 5.91. The van der Waals surface area contributed by atoms with E-state index in [-0.39, 0.29) is 0 Å². The molecule has 0 aliphatic rings. The monoisotopic (exact) mass is 538 g/mol. The number of rotatable bonds is 9. The van der Waals surface area contributed by atoms with Gasteiger partial charge in [0, 0.05) is 16.7 Å². The summed E-state index contributed by atoms with van der Waals surface area (Å²) in [6, 6.07) is 54.5. The van der Waals surface area contributed by atoms with Crippen LogP contribution >= 0.6 is 8.60 Å². The maximum absolute atomic E-state index is 6.61. The van der Waals surface area contributed by atoms with Gasteiger partial charge in [0.2, 0.25) is 0 Å². The summed E-state index contributed by atoms with van der Waals surface area (Å²) in [5, 5.41) is 0. The fourth-order valence-electron chi connectivity index (χ4n) is 4.50. The normalized spacial score (nSPS) is 10.7. The van der Waals surface area contributed by atoms with Gasteiger partial charge >= 0.3 is 8.60 Å². The highest BCUT2D eigenvalue weighted by Crippen LogP contribution is 2.48. The highest BCUT2D eigenvalue weighted by molar-refractivity contribution is 7.43. The Morgan fingerprint density at radius 1 is 0.275 bits per heavy atom. The molecule has 0 spiro atoms. The van der Waals surface area contributed by atoms with Gasteiger partial charge in [0.1, 0.15) is 17.2 Å². The van der Waals surface area contributed by atoms with Crippen molar-refractivity contribution < 1.29 is 13.6 Å². The molecule has 0 saturated heterocycles. The lowest BCUT2D eigenvalue weighted by Gasteiger charge is -2.22. The van der Waals surface area contributed by atoms with Crippen LogP contribution in [0.25, 0.3) is 33.4 Å². The molecule has 0 aliphatic carbocycles. The van der Waals surface area contributed by atoms with Crippen molar-refractivity contribution in [3.8, 4) is 50.6 Å². The van der Waals surface area contributed by atoms with Crippen LogP contribution in [0.4, 0.5) is 0 Å². The maximum atomic E-state index is 6.61. The van der Waals surface area contributed by atoms with Crippen molar-refractivity contribution >= 4 is 8.60 Å². The van der Waals surface area contributed by atoms with Crippen LogP contribution in [0.1, 0.15) is 0 Å². The Bertz CT molecular complexity index is 1470. The highest BCUT2D eigenvalue weighted by Gasteiger charge is 2.24. The van der Waals surface area contributed by atoms with E-state index in [2.05, 4.69) is 36.4 Å². The van der Waals surface area contributed by atoms with Crippen molar-refractivity contribution in [1.29, 1.82) is 0 Å². The summed E-state index contributed by atoms with van der Waals surface area (Å²) in [6.07, 6.45) is 0. The molecule has 0 unspecified atom stereocenters. The zero-order chi connectivity index (χ0) is 27.0. The molecule has 3 nitrogen and oxygen atoms in total. The first-order valence-corrected chi connectivity index (χ1v) is 14.2. The van der Waals surface area contributed by atoms with E-state index >= 15 is 0 Å². The quantitative estimate of drug-likeness (QED) is 0.171. The van der Waals surface area contributed by atoms with E-state index in [1.165, 1.54) is 0 Å². The summed E-state index contributed by atoms with van der Waals surface area (Å²) in [7, 11) is -1.91. The molecule has 0 N–H and O–H groups in total. The van der Waals surface area contributed by atoms with Crippen LogP contribution in [-0.2, 0) is 0 Å². The molecule has 194 valence electrons. The Balaban J connectivity index is 1.40. The predicted molar refractivity (Wildman–Crippen MR) is 164 cm³/mol. The zero-order valence-corrected chi connectivity index (χ0v) is 22.7. The molecular formula is C36H27O3P. The molecule has 0 amide bonds. The lowest BCUT2D eigenvalue weighted by molar-refractivity contribution is 0.390. The Kier molecular flexibility index (Phi) is 7.84. The summed E-state index contributed by atoms with van der Waals surface area (Å²) in [5.74, 6) is 2.07. The zero-order valence-electron chi connectivity index (χ0n) is 21.8. The second kappa shape index (κ2) is 12.3.